The molecule has 1 aliphatic carbocycles. The topological polar surface area (TPSA) is 38.5 Å². The highest BCUT2D eigenvalue weighted by molar-refractivity contribution is 4.87. The summed E-state index contributed by atoms with van der Waals surface area (Å²) in [5, 5.41) is 0. The van der Waals surface area contributed by atoms with Gasteiger partial charge in [-0.05, 0) is 45.7 Å². The molecule has 0 aromatic carbocycles. The maximum atomic E-state index is 5.86. The number of hydrogen-bond acceptors (Lipinski definition) is 3. The standard InChI is InChI=1S/C13H28N2O/c1-4-15(11(3)10-16-5-2)13-8-6-7-12(13)9-14/h11-13H,4-10,14H2,1-3H3. The molecule has 96 valence electrons. The summed E-state index contributed by atoms with van der Waals surface area (Å²) in [6, 6.07) is 1.20. The summed E-state index contributed by atoms with van der Waals surface area (Å²) in [5.41, 5.74) is 5.86. The molecule has 3 unspecified atom stereocenters. The molecule has 2 N–H and O–H groups in total. The summed E-state index contributed by atoms with van der Waals surface area (Å²) in [7, 11) is 0. The van der Waals surface area contributed by atoms with E-state index in [1.807, 2.05) is 0 Å². The Morgan fingerprint density at radius 3 is 2.69 bits per heavy atom. The van der Waals surface area contributed by atoms with Crippen molar-refractivity contribution in [3.8, 4) is 0 Å². The van der Waals surface area contributed by atoms with Gasteiger partial charge in [0.1, 0.15) is 0 Å². The lowest BCUT2D eigenvalue weighted by atomic mass is 10.0. The average molecular weight is 228 g/mol. The van der Waals surface area contributed by atoms with E-state index in [0.29, 0.717) is 18.0 Å². The summed E-state index contributed by atoms with van der Waals surface area (Å²) in [6.07, 6.45) is 3.95. The van der Waals surface area contributed by atoms with Gasteiger partial charge in [0, 0.05) is 18.7 Å². The zero-order chi connectivity index (χ0) is 12.0. The summed E-state index contributed by atoms with van der Waals surface area (Å²) >= 11 is 0. The first-order valence-corrected chi connectivity index (χ1v) is 6.78. The minimum atomic E-state index is 0.516. The Balaban J connectivity index is 2.51. The monoisotopic (exact) mass is 228 g/mol. The zero-order valence-electron chi connectivity index (χ0n) is 11.1. The lowest BCUT2D eigenvalue weighted by Crippen LogP contribution is -2.47. The smallest absolute Gasteiger partial charge is 0.0619 e. The van der Waals surface area contributed by atoms with Crippen LogP contribution in [0.1, 0.15) is 40.0 Å². The van der Waals surface area contributed by atoms with E-state index in [9.17, 15) is 0 Å². The third kappa shape index (κ3) is 3.44. The molecule has 1 saturated carbocycles. The number of hydrogen-bond donors (Lipinski definition) is 1. The third-order valence-electron chi connectivity index (χ3n) is 3.84. The van der Waals surface area contributed by atoms with E-state index in [1.165, 1.54) is 19.3 Å². The van der Waals surface area contributed by atoms with Crippen LogP contribution in [-0.4, -0.2) is 43.3 Å². The Bertz CT molecular complexity index is 187. The lowest BCUT2D eigenvalue weighted by molar-refractivity contribution is 0.0439. The number of nitrogens with zero attached hydrogens (tertiary/aromatic N) is 1. The molecule has 1 aliphatic rings. The molecule has 0 aromatic heterocycles. The van der Waals surface area contributed by atoms with Crippen molar-refractivity contribution in [3.63, 3.8) is 0 Å². The normalized spacial score (nSPS) is 27.6. The Hall–Kier alpha value is -0.120. The average Bonchev–Trinajstić information content (AvgIpc) is 2.75. The molecular weight excluding hydrogens is 200 g/mol. The summed E-state index contributed by atoms with van der Waals surface area (Å²) in [5.74, 6) is 0.698. The fourth-order valence-electron chi connectivity index (χ4n) is 2.99. The predicted octanol–water partition coefficient (Wildman–Crippen LogP) is 1.86. The van der Waals surface area contributed by atoms with Crippen molar-refractivity contribution in [3.05, 3.63) is 0 Å². The van der Waals surface area contributed by atoms with Crippen LogP contribution in [0.5, 0.6) is 0 Å². The maximum absolute atomic E-state index is 5.86. The Morgan fingerprint density at radius 2 is 2.12 bits per heavy atom. The van der Waals surface area contributed by atoms with Crippen LogP contribution in [0, 0.1) is 5.92 Å². The Kier molecular flexibility index (Phi) is 6.32. The molecule has 0 aromatic rings. The molecule has 0 bridgehead atoms. The molecule has 1 rings (SSSR count). The van der Waals surface area contributed by atoms with Gasteiger partial charge in [0.25, 0.3) is 0 Å². The highest BCUT2D eigenvalue weighted by atomic mass is 16.5. The van der Waals surface area contributed by atoms with Gasteiger partial charge in [0.05, 0.1) is 6.61 Å². The van der Waals surface area contributed by atoms with Crippen molar-refractivity contribution < 1.29 is 4.74 Å². The van der Waals surface area contributed by atoms with Gasteiger partial charge in [-0.25, -0.2) is 0 Å². The maximum Gasteiger partial charge on any atom is 0.0619 e. The van der Waals surface area contributed by atoms with Crippen LogP contribution in [0.15, 0.2) is 0 Å². The minimum absolute atomic E-state index is 0.516. The van der Waals surface area contributed by atoms with Crippen molar-refractivity contribution in [1.29, 1.82) is 0 Å². The SMILES string of the molecule is CCOCC(C)N(CC)C1CCCC1CN. The van der Waals surface area contributed by atoms with Gasteiger partial charge < -0.3 is 10.5 Å². The highest BCUT2D eigenvalue weighted by Crippen LogP contribution is 2.30. The van der Waals surface area contributed by atoms with Gasteiger partial charge in [-0.1, -0.05) is 13.3 Å². The molecule has 0 saturated heterocycles. The van der Waals surface area contributed by atoms with Gasteiger partial charge in [0.15, 0.2) is 0 Å². The number of rotatable bonds is 7. The summed E-state index contributed by atoms with van der Waals surface area (Å²) in [6.45, 7) is 10.2. The van der Waals surface area contributed by atoms with Gasteiger partial charge in [0.2, 0.25) is 0 Å². The van der Waals surface area contributed by atoms with Crippen molar-refractivity contribution in [2.75, 3.05) is 26.3 Å². The fraction of sp³-hybridized carbons (Fsp3) is 1.00. The van der Waals surface area contributed by atoms with Gasteiger partial charge in [-0.2, -0.15) is 0 Å². The van der Waals surface area contributed by atoms with Crippen molar-refractivity contribution >= 4 is 0 Å². The molecule has 1 fully saturated rings. The van der Waals surface area contributed by atoms with Crippen LogP contribution in [-0.2, 0) is 4.74 Å². The molecule has 0 radical (unpaired) electrons. The van der Waals surface area contributed by atoms with E-state index in [4.69, 9.17) is 10.5 Å². The quantitative estimate of drug-likeness (QED) is 0.723. The van der Waals surface area contributed by atoms with Crippen molar-refractivity contribution in [2.24, 2.45) is 11.7 Å². The molecule has 0 aliphatic heterocycles. The van der Waals surface area contributed by atoms with Crippen molar-refractivity contribution in [1.82, 2.24) is 4.90 Å². The predicted molar refractivity (Wildman–Crippen MR) is 68.5 cm³/mol. The fourth-order valence-corrected chi connectivity index (χ4v) is 2.99. The third-order valence-corrected chi connectivity index (χ3v) is 3.84. The van der Waals surface area contributed by atoms with Gasteiger partial charge >= 0.3 is 0 Å². The number of likely N-dealkylation sites (N-methyl/N-ethyl adjacent to an activating group) is 1. The van der Waals surface area contributed by atoms with Crippen LogP contribution < -0.4 is 5.73 Å². The largest absolute Gasteiger partial charge is 0.380 e. The second kappa shape index (κ2) is 7.25. The van der Waals surface area contributed by atoms with Crippen LogP contribution in [0.2, 0.25) is 0 Å². The lowest BCUT2D eigenvalue weighted by Gasteiger charge is -2.36. The molecular formula is C13H28N2O. The van der Waals surface area contributed by atoms with E-state index < -0.39 is 0 Å². The van der Waals surface area contributed by atoms with E-state index in [-0.39, 0.29) is 0 Å². The molecule has 0 heterocycles. The summed E-state index contributed by atoms with van der Waals surface area (Å²) in [4.78, 5) is 2.58. The number of ether oxygens (including phenoxy) is 1. The Morgan fingerprint density at radius 1 is 1.38 bits per heavy atom. The molecule has 3 heteroatoms. The van der Waals surface area contributed by atoms with E-state index in [1.54, 1.807) is 0 Å². The van der Waals surface area contributed by atoms with Crippen molar-refractivity contribution in [2.45, 2.75) is 52.1 Å². The van der Waals surface area contributed by atoms with E-state index in [0.717, 1.165) is 26.3 Å². The molecule has 0 spiro atoms. The Labute approximate surface area is 100 Å². The minimum Gasteiger partial charge on any atom is -0.380 e. The van der Waals surface area contributed by atoms with E-state index >= 15 is 0 Å². The molecule has 3 atom stereocenters. The first-order valence-electron chi connectivity index (χ1n) is 6.78. The second-order valence-electron chi connectivity index (χ2n) is 4.83. The molecule has 16 heavy (non-hydrogen) atoms. The second-order valence-corrected chi connectivity index (χ2v) is 4.83. The zero-order valence-corrected chi connectivity index (χ0v) is 11.1. The first kappa shape index (κ1) is 13.9. The van der Waals surface area contributed by atoms with Crippen LogP contribution in [0.4, 0.5) is 0 Å². The van der Waals surface area contributed by atoms with Gasteiger partial charge in [-0.3, -0.25) is 4.90 Å². The van der Waals surface area contributed by atoms with Gasteiger partial charge in [-0.15, -0.1) is 0 Å². The van der Waals surface area contributed by atoms with Crippen LogP contribution >= 0.6 is 0 Å². The first-order chi connectivity index (χ1) is 7.74. The highest BCUT2D eigenvalue weighted by Gasteiger charge is 2.32. The molecule has 3 nitrogen and oxygen atoms in total. The molecule has 0 amide bonds. The van der Waals surface area contributed by atoms with E-state index in [2.05, 4.69) is 25.7 Å². The van der Waals surface area contributed by atoms with Crippen LogP contribution in [0.25, 0.3) is 0 Å². The summed E-state index contributed by atoms with van der Waals surface area (Å²) < 4.78 is 5.53. The number of nitrogens with two attached hydrogens (primary N) is 1. The van der Waals surface area contributed by atoms with Crippen LogP contribution in [0.3, 0.4) is 0 Å².